The normalized spacial score (nSPS) is 15.3. The maximum Gasteiger partial charge on any atom is 0.247 e. The first kappa shape index (κ1) is 21.0. The lowest BCUT2D eigenvalue weighted by molar-refractivity contribution is 0.106. The van der Waals surface area contributed by atoms with Gasteiger partial charge >= 0.3 is 0 Å². The first-order chi connectivity index (χ1) is 15.6. The molecule has 164 valence electrons. The standard InChI is InChI=1S/C23H23BrN6O2/c1-16-5-7-17(8-6-16)22-25-20(32-28-22)14-29-9-11-30(12-10-29)15-21-26-27-23(31-21)18-3-2-4-19(24)13-18/h2-8,13H,9-12,14-15H2,1H3. The summed E-state index contributed by atoms with van der Waals surface area (Å²) in [5.41, 5.74) is 3.09. The van der Waals surface area contributed by atoms with Crippen LogP contribution in [0.3, 0.4) is 0 Å². The number of hydrogen-bond acceptors (Lipinski definition) is 8. The Morgan fingerprint density at radius 1 is 0.875 bits per heavy atom. The van der Waals surface area contributed by atoms with Gasteiger partial charge in [0, 0.05) is 41.8 Å². The van der Waals surface area contributed by atoms with Gasteiger partial charge in [0.1, 0.15) is 0 Å². The molecule has 0 N–H and O–H groups in total. The highest BCUT2D eigenvalue weighted by molar-refractivity contribution is 9.10. The van der Waals surface area contributed by atoms with Gasteiger partial charge in [-0.05, 0) is 25.1 Å². The molecule has 0 spiro atoms. The van der Waals surface area contributed by atoms with Crippen molar-refractivity contribution in [2.45, 2.75) is 20.0 Å². The highest BCUT2D eigenvalue weighted by Crippen LogP contribution is 2.22. The van der Waals surface area contributed by atoms with E-state index in [0.29, 0.717) is 36.6 Å². The Labute approximate surface area is 194 Å². The number of aryl methyl sites for hydroxylation is 1. The van der Waals surface area contributed by atoms with Crippen molar-refractivity contribution in [3.05, 3.63) is 70.3 Å². The lowest BCUT2D eigenvalue weighted by Crippen LogP contribution is -2.45. The summed E-state index contributed by atoms with van der Waals surface area (Å²) in [7, 11) is 0. The van der Waals surface area contributed by atoms with E-state index in [1.54, 1.807) is 0 Å². The highest BCUT2D eigenvalue weighted by Gasteiger charge is 2.21. The van der Waals surface area contributed by atoms with E-state index in [2.05, 4.69) is 65.1 Å². The van der Waals surface area contributed by atoms with Gasteiger partial charge < -0.3 is 8.94 Å². The van der Waals surface area contributed by atoms with Crippen molar-refractivity contribution < 1.29 is 8.94 Å². The molecule has 0 amide bonds. The quantitative estimate of drug-likeness (QED) is 0.394. The molecule has 1 aliphatic rings. The molecule has 9 heteroatoms. The van der Waals surface area contributed by atoms with Gasteiger partial charge in [0.2, 0.25) is 23.5 Å². The molecule has 0 radical (unpaired) electrons. The fourth-order valence-electron chi connectivity index (χ4n) is 3.68. The molecule has 0 unspecified atom stereocenters. The zero-order chi connectivity index (χ0) is 21.9. The van der Waals surface area contributed by atoms with E-state index in [0.717, 1.165) is 41.8 Å². The van der Waals surface area contributed by atoms with Crippen molar-refractivity contribution in [2.24, 2.45) is 0 Å². The van der Waals surface area contributed by atoms with Crippen LogP contribution in [0.25, 0.3) is 22.8 Å². The van der Waals surface area contributed by atoms with Crippen molar-refractivity contribution in [1.29, 1.82) is 0 Å². The van der Waals surface area contributed by atoms with Crippen LogP contribution in [0.5, 0.6) is 0 Å². The molecule has 2 aromatic carbocycles. The van der Waals surface area contributed by atoms with E-state index < -0.39 is 0 Å². The molecule has 1 aliphatic heterocycles. The predicted octanol–water partition coefficient (Wildman–Crippen LogP) is 4.18. The predicted molar refractivity (Wildman–Crippen MR) is 122 cm³/mol. The molecule has 5 rings (SSSR count). The molecule has 1 saturated heterocycles. The van der Waals surface area contributed by atoms with E-state index in [1.807, 2.05) is 36.4 Å². The van der Waals surface area contributed by atoms with Crippen molar-refractivity contribution in [3.8, 4) is 22.8 Å². The number of nitrogens with zero attached hydrogens (tertiary/aromatic N) is 6. The summed E-state index contributed by atoms with van der Waals surface area (Å²) in [5.74, 6) is 2.45. The second kappa shape index (κ2) is 9.32. The van der Waals surface area contributed by atoms with Gasteiger partial charge in [0.05, 0.1) is 13.1 Å². The molecule has 4 aromatic rings. The molecule has 0 atom stereocenters. The highest BCUT2D eigenvalue weighted by atomic mass is 79.9. The SMILES string of the molecule is Cc1ccc(-c2noc(CN3CCN(Cc4nnc(-c5cccc(Br)c5)o4)CC3)n2)cc1. The smallest absolute Gasteiger partial charge is 0.247 e. The maximum atomic E-state index is 5.87. The Kier molecular flexibility index (Phi) is 6.11. The van der Waals surface area contributed by atoms with Crippen LogP contribution in [0.4, 0.5) is 0 Å². The van der Waals surface area contributed by atoms with E-state index in [9.17, 15) is 0 Å². The first-order valence-electron chi connectivity index (χ1n) is 10.5. The summed E-state index contributed by atoms with van der Waals surface area (Å²) in [5, 5.41) is 12.5. The Hall–Kier alpha value is -2.88. The Balaban J connectivity index is 1.13. The largest absolute Gasteiger partial charge is 0.419 e. The van der Waals surface area contributed by atoms with Gasteiger partial charge in [0.15, 0.2) is 0 Å². The summed E-state index contributed by atoms with van der Waals surface area (Å²) in [6.45, 7) is 7.00. The van der Waals surface area contributed by atoms with E-state index in [1.165, 1.54) is 5.56 Å². The summed E-state index contributed by atoms with van der Waals surface area (Å²) in [6.07, 6.45) is 0. The van der Waals surface area contributed by atoms with Gasteiger partial charge in [-0.2, -0.15) is 4.98 Å². The Morgan fingerprint density at radius 2 is 1.59 bits per heavy atom. The van der Waals surface area contributed by atoms with Crippen LogP contribution >= 0.6 is 15.9 Å². The maximum absolute atomic E-state index is 5.87. The molecule has 3 heterocycles. The molecule has 0 aliphatic carbocycles. The molecule has 32 heavy (non-hydrogen) atoms. The molecule has 0 saturated carbocycles. The summed E-state index contributed by atoms with van der Waals surface area (Å²) in [6, 6.07) is 16.0. The minimum absolute atomic E-state index is 0.542. The van der Waals surface area contributed by atoms with Crippen LogP contribution in [0.15, 0.2) is 61.9 Å². The van der Waals surface area contributed by atoms with Crippen LogP contribution in [0.1, 0.15) is 17.3 Å². The number of benzene rings is 2. The van der Waals surface area contributed by atoms with Gasteiger partial charge in [0.25, 0.3) is 0 Å². The van der Waals surface area contributed by atoms with E-state index in [-0.39, 0.29) is 0 Å². The molecule has 8 nitrogen and oxygen atoms in total. The summed E-state index contributed by atoms with van der Waals surface area (Å²) in [4.78, 5) is 9.20. The number of halogens is 1. The van der Waals surface area contributed by atoms with Crippen LogP contribution in [0, 0.1) is 6.92 Å². The number of rotatable bonds is 6. The fraction of sp³-hybridized carbons (Fsp3) is 0.304. The van der Waals surface area contributed by atoms with E-state index in [4.69, 9.17) is 8.94 Å². The molecule has 2 aromatic heterocycles. The summed E-state index contributed by atoms with van der Waals surface area (Å²) >= 11 is 3.47. The number of piperazine rings is 1. The number of aromatic nitrogens is 4. The van der Waals surface area contributed by atoms with Crippen molar-refractivity contribution in [2.75, 3.05) is 26.2 Å². The zero-order valence-corrected chi connectivity index (χ0v) is 19.3. The average molecular weight is 495 g/mol. The minimum atomic E-state index is 0.542. The molecule has 0 bridgehead atoms. The van der Waals surface area contributed by atoms with Gasteiger partial charge in [-0.15, -0.1) is 10.2 Å². The Morgan fingerprint density at radius 3 is 2.31 bits per heavy atom. The Bertz CT molecular complexity index is 1180. The molecular weight excluding hydrogens is 472 g/mol. The zero-order valence-electron chi connectivity index (χ0n) is 17.7. The van der Waals surface area contributed by atoms with Crippen molar-refractivity contribution in [1.82, 2.24) is 30.1 Å². The topological polar surface area (TPSA) is 84.3 Å². The molecular formula is C23H23BrN6O2. The lowest BCUT2D eigenvalue weighted by Gasteiger charge is -2.32. The third kappa shape index (κ3) is 4.95. The van der Waals surface area contributed by atoms with Gasteiger partial charge in [-0.25, -0.2) is 0 Å². The second-order valence-corrected chi connectivity index (χ2v) is 8.86. The number of hydrogen-bond donors (Lipinski definition) is 0. The first-order valence-corrected chi connectivity index (χ1v) is 11.3. The van der Waals surface area contributed by atoms with Crippen LogP contribution in [-0.2, 0) is 13.1 Å². The van der Waals surface area contributed by atoms with E-state index >= 15 is 0 Å². The van der Waals surface area contributed by atoms with Crippen LogP contribution in [-0.4, -0.2) is 56.3 Å². The second-order valence-electron chi connectivity index (χ2n) is 7.94. The van der Waals surface area contributed by atoms with Gasteiger partial charge in [-0.1, -0.05) is 57.0 Å². The van der Waals surface area contributed by atoms with Crippen LogP contribution in [0.2, 0.25) is 0 Å². The third-order valence-corrected chi connectivity index (χ3v) is 5.99. The van der Waals surface area contributed by atoms with Crippen molar-refractivity contribution in [3.63, 3.8) is 0 Å². The summed E-state index contributed by atoms with van der Waals surface area (Å²) < 4.78 is 12.3. The third-order valence-electron chi connectivity index (χ3n) is 5.50. The van der Waals surface area contributed by atoms with Crippen molar-refractivity contribution >= 4 is 15.9 Å². The minimum Gasteiger partial charge on any atom is -0.419 e. The monoisotopic (exact) mass is 494 g/mol. The van der Waals surface area contributed by atoms with Crippen LogP contribution < -0.4 is 0 Å². The average Bonchev–Trinajstić information content (AvgIpc) is 3.46. The lowest BCUT2D eigenvalue weighted by atomic mass is 10.1. The molecule has 1 fully saturated rings. The van der Waals surface area contributed by atoms with Gasteiger partial charge in [-0.3, -0.25) is 9.80 Å². The fourth-order valence-corrected chi connectivity index (χ4v) is 4.08.